The predicted molar refractivity (Wildman–Crippen MR) is 251 cm³/mol. The summed E-state index contributed by atoms with van der Waals surface area (Å²) in [6.45, 7) is 10.7. The van der Waals surface area contributed by atoms with Crippen LogP contribution in [-0.4, -0.2) is 97.7 Å². The number of aromatic nitrogens is 5. The first kappa shape index (κ1) is 45.5. The van der Waals surface area contributed by atoms with Crippen molar-refractivity contribution < 1.29 is 37.8 Å². The third-order valence-electron chi connectivity index (χ3n) is 13.2. The number of carbonyl (C=O) groups excluding carboxylic acids is 4. The van der Waals surface area contributed by atoms with Crippen molar-refractivity contribution in [3.63, 3.8) is 0 Å². The number of hydrogen-bond acceptors (Lipinski definition) is 10. The van der Waals surface area contributed by atoms with Gasteiger partial charge in [-0.05, 0) is 80.3 Å². The van der Waals surface area contributed by atoms with E-state index < -0.39 is 30.5 Å². The highest BCUT2D eigenvalue weighted by Crippen LogP contribution is 2.49. The number of thiophene rings is 1. The molecule has 4 amide bonds. The second-order valence-corrected chi connectivity index (χ2v) is 19.3. The molecule has 5 atom stereocenters. The molecule has 352 valence electrons. The molecule has 4 N–H and O–H groups in total. The first-order valence-electron chi connectivity index (χ1n) is 22.9. The van der Waals surface area contributed by atoms with E-state index in [1.54, 1.807) is 33.5 Å². The van der Waals surface area contributed by atoms with Crippen molar-refractivity contribution in [2.75, 3.05) is 27.3 Å². The van der Waals surface area contributed by atoms with Gasteiger partial charge in [0.1, 0.15) is 29.5 Å². The Hall–Kier alpha value is -6.69. The number of likely N-dealkylation sites (tertiary alicyclic amines) is 2. The van der Waals surface area contributed by atoms with Crippen LogP contribution >= 0.6 is 11.3 Å². The van der Waals surface area contributed by atoms with E-state index in [-0.39, 0.29) is 41.6 Å². The lowest BCUT2D eigenvalue weighted by atomic mass is 10.0. The second kappa shape index (κ2) is 18.5. The minimum Gasteiger partial charge on any atom is -0.464 e. The topological polar surface area (TPSA) is 189 Å². The average molecular weight is 934 g/mol. The molecule has 2 fully saturated rings. The number of ether oxygens (including phenoxy) is 3. The number of halogens is 1. The van der Waals surface area contributed by atoms with Gasteiger partial charge in [0.05, 0.1) is 66.2 Å². The number of aryl methyl sites for hydroxylation is 1. The SMILES string of the molecule is CCc1ccc(C2Oc3cc(-c4cnc([C@@H]5CCCN5C(=O)[C@@H](NC(=O)OC)C(C)C)[nH]4)ccc3-c3c(F)c4cc(-c5cnc([C@@H]6CCCN6C(=O)[C@@H](NC(=O)OC)C(C)C)[nH]5)ccc4n32)s1. The van der Waals surface area contributed by atoms with Gasteiger partial charge in [-0.1, -0.05) is 46.8 Å². The maximum Gasteiger partial charge on any atom is 0.407 e. The molecule has 16 nitrogen and oxygen atoms in total. The number of imidazole rings is 2. The Morgan fingerprint density at radius 1 is 0.806 bits per heavy atom. The van der Waals surface area contributed by atoms with E-state index in [0.717, 1.165) is 35.3 Å². The molecule has 0 radical (unpaired) electrons. The molecule has 4 aromatic heterocycles. The first-order chi connectivity index (χ1) is 32.3. The number of alkyl carbamates (subject to hydrolysis) is 2. The van der Waals surface area contributed by atoms with Gasteiger partial charge in [0.25, 0.3) is 0 Å². The fourth-order valence-corrected chi connectivity index (χ4v) is 10.7. The minimum atomic E-state index is -0.756. The Kier molecular flexibility index (Phi) is 12.6. The number of nitrogens with one attached hydrogen (secondary N) is 4. The number of carbonyl (C=O) groups is 4. The van der Waals surface area contributed by atoms with E-state index in [0.29, 0.717) is 76.9 Å². The maximum atomic E-state index is 17.3. The molecule has 0 aliphatic carbocycles. The van der Waals surface area contributed by atoms with Gasteiger partial charge in [0, 0.05) is 40.0 Å². The van der Waals surface area contributed by atoms with Gasteiger partial charge in [-0.15, -0.1) is 11.3 Å². The maximum absolute atomic E-state index is 17.3. The zero-order valence-corrected chi connectivity index (χ0v) is 39.5. The van der Waals surface area contributed by atoms with Crippen LogP contribution in [0.2, 0.25) is 0 Å². The molecular weight excluding hydrogens is 878 g/mol. The highest BCUT2D eigenvalue weighted by molar-refractivity contribution is 7.12. The van der Waals surface area contributed by atoms with Crippen molar-refractivity contribution in [2.24, 2.45) is 11.8 Å². The number of nitrogens with zero attached hydrogens (tertiary/aromatic N) is 5. The Morgan fingerprint density at radius 3 is 1.88 bits per heavy atom. The van der Waals surface area contributed by atoms with Crippen LogP contribution in [-0.2, 0) is 25.5 Å². The van der Waals surface area contributed by atoms with Crippen LogP contribution in [0.4, 0.5) is 14.0 Å². The summed E-state index contributed by atoms with van der Waals surface area (Å²) in [6.07, 6.45) is 5.31. The van der Waals surface area contributed by atoms with Crippen molar-refractivity contribution >= 4 is 46.2 Å². The zero-order chi connectivity index (χ0) is 47.3. The summed E-state index contributed by atoms with van der Waals surface area (Å²) in [5.41, 5.74) is 4.58. The van der Waals surface area contributed by atoms with Crippen LogP contribution in [0.5, 0.6) is 5.75 Å². The Balaban J connectivity index is 1.03. The molecule has 3 aliphatic rings. The van der Waals surface area contributed by atoms with Crippen molar-refractivity contribution in [3.8, 4) is 39.5 Å². The van der Waals surface area contributed by atoms with E-state index >= 15 is 4.39 Å². The minimum absolute atomic E-state index is 0.159. The lowest BCUT2D eigenvalue weighted by Gasteiger charge is -2.30. The van der Waals surface area contributed by atoms with Gasteiger partial charge < -0.3 is 44.6 Å². The van der Waals surface area contributed by atoms with Gasteiger partial charge in [-0.25, -0.2) is 23.9 Å². The largest absolute Gasteiger partial charge is 0.464 e. The third-order valence-corrected chi connectivity index (χ3v) is 14.5. The Morgan fingerprint density at radius 2 is 1.36 bits per heavy atom. The van der Waals surface area contributed by atoms with E-state index in [2.05, 4.69) is 33.6 Å². The first-order valence-corrected chi connectivity index (χ1v) is 23.7. The second-order valence-electron chi connectivity index (χ2n) is 18.1. The fourth-order valence-electron chi connectivity index (χ4n) is 9.68. The van der Waals surface area contributed by atoms with Gasteiger partial charge in [-0.2, -0.15) is 0 Å². The molecule has 2 aromatic carbocycles. The molecule has 6 aromatic rings. The van der Waals surface area contributed by atoms with E-state index in [9.17, 15) is 19.2 Å². The third kappa shape index (κ3) is 8.40. The highest BCUT2D eigenvalue weighted by atomic mass is 32.1. The number of hydrogen-bond donors (Lipinski definition) is 4. The molecule has 67 heavy (non-hydrogen) atoms. The summed E-state index contributed by atoms with van der Waals surface area (Å²) in [6, 6.07) is 13.4. The zero-order valence-electron chi connectivity index (χ0n) is 38.6. The molecule has 3 aliphatic heterocycles. The Bertz CT molecular complexity index is 2850. The summed E-state index contributed by atoms with van der Waals surface area (Å²) in [5, 5.41) is 5.81. The van der Waals surface area contributed by atoms with Crippen LogP contribution in [0, 0.1) is 17.7 Å². The average Bonchev–Trinajstić information content (AvgIpc) is 4.20. The smallest absolute Gasteiger partial charge is 0.407 e. The number of H-pyrrole nitrogens is 2. The number of fused-ring (bicyclic) bond motifs is 5. The van der Waals surface area contributed by atoms with Crippen molar-refractivity contribution in [2.45, 2.75) is 97.1 Å². The molecule has 9 rings (SSSR count). The van der Waals surface area contributed by atoms with Crippen LogP contribution in [0.3, 0.4) is 0 Å². The molecule has 0 spiro atoms. The van der Waals surface area contributed by atoms with Gasteiger partial charge in [0.15, 0.2) is 5.82 Å². The quantitative estimate of drug-likeness (QED) is 0.0929. The highest BCUT2D eigenvalue weighted by Gasteiger charge is 2.40. The monoisotopic (exact) mass is 933 g/mol. The van der Waals surface area contributed by atoms with Crippen molar-refractivity contribution in [1.29, 1.82) is 0 Å². The fraction of sp³-hybridized carbons (Fsp3) is 0.429. The molecule has 2 saturated heterocycles. The van der Waals surface area contributed by atoms with Crippen LogP contribution in [0.25, 0.3) is 44.7 Å². The molecule has 7 heterocycles. The van der Waals surface area contributed by atoms with Crippen LogP contribution in [0.1, 0.15) is 100 Å². The number of amides is 4. The van der Waals surface area contributed by atoms with E-state index in [4.69, 9.17) is 24.2 Å². The lowest BCUT2D eigenvalue weighted by Crippen LogP contribution is -2.51. The van der Waals surface area contributed by atoms with Gasteiger partial charge >= 0.3 is 12.2 Å². The van der Waals surface area contributed by atoms with Gasteiger partial charge in [-0.3, -0.25) is 14.2 Å². The summed E-state index contributed by atoms with van der Waals surface area (Å²) in [4.78, 5) is 73.8. The van der Waals surface area contributed by atoms with Crippen LogP contribution < -0.4 is 15.4 Å². The normalized spacial score (nSPS) is 18.7. The van der Waals surface area contributed by atoms with Gasteiger partial charge in [0.2, 0.25) is 18.0 Å². The number of benzene rings is 2. The number of aromatic amines is 2. The van der Waals surface area contributed by atoms with Crippen molar-refractivity contribution in [1.82, 2.24) is 44.9 Å². The molecule has 18 heteroatoms. The Labute approximate surface area is 391 Å². The molecular formula is C49H56FN9O7S. The summed E-state index contributed by atoms with van der Waals surface area (Å²) in [5.74, 6) is 0.676. The molecule has 1 unspecified atom stereocenters. The lowest BCUT2D eigenvalue weighted by molar-refractivity contribution is -0.136. The summed E-state index contributed by atoms with van der Waals surface area (Å²) < 4.78 is 35.8. The standard InChI is InChI=1S/C49H56FN9O7S/c1-8-29-15-18-38(67-29)47-59-34-17-14-27(32-23-51-43(53-32)35-11-9-19-57(35)45(60)40(25(2)3)55-48(62)64-6)21-31(34)39(50)42(59)30-16-13-28(22-37(30)66-47)33-24-52-44(54-33)36-12-10-20-58(36)46(61)41(26(4)5)56-49(63)65-7/h13-18,21-26,35-36,40-41,47H,8-12,19-20H2,1-7H3,(H,51,53)(H,52,54)(H,55,62)(H,56,63)/t35-,36-,40-,41-,47?/m0/s1. The van der Waals surface area contributed by atoms with E-state index in [1.165, 1.54) is 19.1 Å². The summed E-state index contributed by atoms with van der Waals surface area (Å²) in [7, 11) is 2.55. The predicted octanol–water partition coefficient (Wildman–Crippen LogP) is 8.88. The van der Waals surface area contributed by atoms with E-state index in [1.807, 2.05) is 74.7 Å². The number of methoxy groups -OCH3 is 2. The van der Waals surface area contributed by atoms with Crippen LogP contribution in [0.15, 0.2) is 60.9 Å². The number of rotatable bonds is 12. The summed E-state index contributed by atoms with van der Waals surface area (Å²) >= 11 is 1.63. The van der Waals surface area contributed by atoms with Crippen molar-refractivity contribution in [3.05, 3.63) is 88.1 Å². The molecule has 0 bridgehead atoms. The molecule has 0 saturated carbocycles.